The third-order valence-corrected chi connectivity index (χ3v) is 29.2. The lowest BCUT2D eigenvalue weighted by atomic mass is 9.54. The molecule has 4 aromatic rings. The van der Waals surface area contributed by atoms with Gasteiger partial charge in [0.05, 0.1) is 119 Å². The fourth-order valence-corrected chi connectivity index (χ4v) is 23.6. The normalized spacial score (nSPS) is 24.4. The second-order valence-electron chi connectivity index (χ2n) is 30.5. The van der Waals surface area contributed by atoms with Crippen LogP contribution in [0.15, 0.2) is 119 Å². The molecule has 0 unspecified atom stereocenters. The van der Waals surface area contributed by atoms with Crippen molar-refractivity contribution < 1.29 is 112 Å². The maximum atomic E-state index is 16.7. The summed E-state index contributed by atoms with van der Waals surface area (Å²) in [5.74, 6) is -4.17. The number of rotatable bonds is 37. The first-order valence-electron chi connectivity index (χ1n) is 37.9. The fourth-order valence-electron chi connectivity index (χ4n) is 15.7. The Morgan fingerprint density at radius 3 is 1.31 bits per heavy atom. The van der Waals surface area contributed by atoms with E-state index in [4.69, 9.17) is 47.4 Å². The molecule has 2 bridgehead atoms. The SMILES string of the molecule is CN1C(=O)[C@@]23C[C@]4([C@]56C[C@]7([Si])C(=O)N(C)[C@]([Si])(COC(=O)OCCCCC(=O)NCCOCCOCCNC(=O)OC(C)(C)C)C(=O)N7[C@H]5N(S(=O)(=O)c5ccccc5)c5ccccc56)c5ccccc5N(S(=O)(=O)c5ccccc5)[C@@H]4N2C(=O)[C@]1(COC(=O)OCCCCC(=O)NCCOCCOCCNC(=O)OC(C)(C)C)SS3. The molecule has 8 heterocycles. The van der Waals surface area contributed by atoms with Crippen molar-refractivity contribution in [2.24, 2.45) is 0 Å². The van der Waals surface area contributed by atoms with E-state index in [2.05, 4.69) is 41.8 Å². The van der Waals surface area contributed by atoms with Gasteiger partial charge in [0.1, 0.15) is 47.1 Å². The van der Waals surface area contributed by atoms with E-state index in [1.165, 1.54) is 79.7 Å². The lowest BCUT2D eigenvalue weighted by Crippen LogP contribution is -2.78. The molecular weight excluding hydrogens is 1620 g/mol. The van der Waals surface area contributed by atoms with Crippen LogP contribution in [0.5, 0.6) is 0 Å². The van der Waals surface area contributed by atoms with E-state index in [1.54, 1.807) is 90.1 Å². The number of nitrogens with zero attached hydrogens (tertiary/aromatic N) is 6. The molecule has 8 aliphatic rings. The Labute approximate surface area is 688 Å². The Morgan fingerprint density at radius 2 is 0.862 bits per heavy atom. The van der Waals surface area contributed by atoms with Crippen molar-refractivity contribution in [1.82, 2.24) is 40.9 Å². The van der Waals surface area contributed by atoms with E-state index >= 15 is 36.0 Å². The monoisotopic (exact) mass is 1720 g/mol. The molecule has 626 valence electrons. The van der Waals surface area contributed by atoms with E-state index in [-0.39, 0.29) is 175 Å². The Balaban J connectivity index is 0.819. The molecule has 12 rings (SSSR count). The fraction of sp³-hybridized carbons (Fsp3) is 0.553. The van der Waals surface area contributed by atoms with Gasteiger partial charge in [0.2, 0.25) is 28.5 Å². The van der Waals surface area contributed by atoms with Gasteiger partial charge in [0, 0.05) is 59.5 Å². The summed E-state index contributed by atoms with van der Waals surface area (Å²) < 4.78 is 122. The van der Waals surface area contributed by atoms with Crippen LogP contribution < -0.4 is 29.9 Å². The first-order chi connectivity index (χ1) is 55.0. The molecule has 0 aliphatic carbocycles. The van der Waals surface area contributed by atoms with Crippen LogP contribution in [0.1, 0.15) is 104 Å². The van der Waals surface area contributed by atoms with E-state index in [0.29, 0.717) is 0 Å². The van der Waals surface area contributed by atoms with E-state index < -0.39 is 149 Å². The van der Waals surface area contributed by atoms with Gasteiger partial charge in [0.15, 0.2) is 4.87 Å². The number of hydrogen-bond donors (Lipinski definition) is 4. The van der Waals surface area contributed by atoms with Gasteiger partial charge < -0.3 is 83.3 Å². The number of para-hydroxylation sites is 2. The van der Waals surface area contributed by atoms with Crippen LogP contribution in [0, 0.1) is 0 Å². The molecule has 4 N–H and O–H groups in total. The second kappa shape index (κ2) is 35.8. The van der Waals surface area contributed by atoms with Crippen molar-refractivity contribution in [2.45, 2.75) is 157 Å². The smallest absolute Gasteiger partial charge is 0.444 e. The highest BCUT2D eigenvalue weighted by molar-refractivity contribution is 8.78. The van der Waals surface area contributed by atoms with E-state index in [1.807, 2.05) is 0 Å². The highest BCUT2D eigenvalue weighted by Crippen LogP contribution is 2.78. The van der Waals surface area contributed by atoms with Gasteiger partial charge in [0.25, 0.3) is 31.9 Å². The molecule has 8 atom stereocenters. The Bertz CT molecular complexity index is 4580. The summed E-state index contributed by atoms with van der Waals surface area (Å²) in [6.07, 6.45) is -7.52. The number of fused-ring (bicyclic) bond motifs is 11. The van der Waals surface area contributed by atoms with Gasteiger partial charge in [-0.2, -0.15) is 0 Å². The lowest BCUT2D eigenvalue weighted by molar-refractivity contribution is -0.168. The van der Waals surface area contributed by atoms with Gasteiger partial charge >= 0.3 is 24.5 Å². The number of piperazine rings is 2. The van der Waals surface area contributed by atoms with Crippen molar-refractivity contribution in [2.75, 3.05) is 128 Å². The molecule has 8 amide bonds. The van der Waals surface area contributed by atoms with Crippen LogP contribution in [0.3, 0.4) is 0 Å². The minimum atomic E-state index is -4.99. The number of alkyl carbamates (subject to hydrolysis) is 2. The topological polar surface area (TPSA) is 399 Å². The van der Waals surface area contributed by atoms with Crippen LogP contribution in [0.2, 0.25) is 0 Å². The first kappa shape index (κ1) is 88.1. The number of likely N-dealkylation sites (N-methyl/N-ethyl adjacent to an activating group) is 2. The third-order valence-electron chi connectivity index (χ3n) is 20.7. The standard InChI is InChI=1S/C76H96N10O24S4Si2/c1-69(2,3)109-65(93)79-35-41-103-45-43-101-39-33-77-57(87)31-19-21-37-105-67(95)107-49-74-62(90)83-59-71(47-73(83,111-112-74)61(89)81(74)7,53-27-15-17-29-55(53)85(59)113(97,98)51-23-11-9-12-24-51)72-48-75(115)63(91)82(8)76(116,64(92)84(75)60(72)86(56-30-18-16-28-54(56)72)114(99,100)52-25-13-10-14-26-52)50-108-68(96)106-38-22-20-32-58(88)78-34-40-102-44-46-104-42-36-80-66(94)110-70(4,5)6/h9-18,23-30,59-60H,19-22,31-50H2,1-8H3,(H,77,87)(H,78,88)(H,79,93)(H,80,94)/t59-,60-,71-,72-,73-,74-,75-,76-/m0/s1. The molecule has 34 nitrogen and oxygen atoms in total. The van der Waals surface area contributed by atoms with Crippen molar-refractivity contribution in [3.63, 3.8) is 0 Å². The quantitative estimate of drug-likeness (QED) is 0.0154. The molecule has 40 heteroatoms. The highest BCUT2D eigenvalue weighted by Gasteiger charge is 2.89. The summed E-state index contributed by atoms with van der Waals surface area (Å²) >= 11 is 0. The molecule has 1 spiro atoms. The van der Waals surface area contributed by atoms with E-state index in [0.717, 1.165) is 44.9 Å². The number of carbonyl (C=O) groups is 10. The predicted molar refractivity (Wildman–Crippen MR) is 422 cm³/mol. The number of nitrogens with one attached hydrogen (secondary N) is 4. The molecule has 6 saturated heterocycles. The molecule has 6 fully saturated rings. The molecule has 0 saturated carbocycles. The maximum Gasteiger partial charge on any atom is 0.508 e. The van der Waals surface area contributed by atoms with Gasteiger partial charge in [-0.3, -0.25) is 33.7 Å². The number of sulfonamides is 2. The van der Waals surface area contributed by atoms with Gasteiger partial charge in [-0.15, -0.1) is 0 Å². The van der Waals surface area contributed by atoms with E-state index in [9.17, 15) is 28.8 Å². The van der Waals surface area contributed by atoms with Crippen molar-refractivity contribution in [3.8, 4) is 0 Å². The molecule has 116 heavy (non-hydrogen) atoms. The van der Waals surface area contributed by atoms with Crippen molar-refractivity contribution in [1.29, 1.82) is 0 Å². The summed E-state index contributed by atoms with van der Waals surface area (Å²) in [7, 11) is 1.98. The lowest BCUT2D eigenvalue weighted by Gasteiger charge is -2.58. The Hall–Kier alpha value is -8.75. The first-order valence-corrected chi connectivity index (χ1v) is 43.9. The zero-order valence-electron chi connectivity index (χ0n) is 65.6. The highest BCUT2D eigenvalue weighted by atomic mass is 33.1. The minimum absolute atomic E-state index is 0.00217. The molecule has 6 radical (unpaired) electrons. The van der Waals surface area contributed by atoms with Crippen molar-refractivity contribution in [3.05, 3.63) is 120 Å². The number of anilines is 2. The van der Waals surface area contributed by atoms with Crippen molar-refractivity contribution >= 4 is 133 Å². The predicted octanol–water partition coefficient (Wildman–Crippen LogP) is 4.85. The largest absolute Gasteiger partial charge is 0.508 e. The summed E-state index contributed by atoms with van der Waals surface area (Å²) in [4.78, 5) is 142. The molecule has 4 aromatic carbocycles. The summed E-state index contributed by atoms with van der Waals surface area (Å²) in [5.41, 5.74) is -5.23. The summed E-state index contributed by atoms with van der Waals surface area (Å²) in [6.45, 7) is 11.1. The number of hydrogen-bond acceptors (Lipinski definition) is 26. The number of ether oxygens (including phenoxy) is 10. The average Bonchev–Trinajstić information content (AvgIpc) is 1.44. The van der Waals surface area contributed by atoms with Crippen LogP contribution in [0.4, 0.5) is 30.6 Å². The molecular formula is C76H96N10O24S4Si2. The molecule has 0 aromatic heterocycles. The maximum absolute atomic E-state index is 16.7. The van der Waals surface area contributed by atoms with Gasteiger partial charge in [-0.05, 0) is 132 Å². The number of benzene rings is 4. The number of amides is 8. The number of unbranched alkanes of at least 4 members (excludes halogenated alkanes) is 2. The zero-order valence-corrected chi connectivity index (χ0v) is 70.9. The van der Waals surface area contributed by atoms with Gasteiger partial charge in [-0.1, -0.05) is 83.6 Å². The third kappa shape index (κ3) is 17.3. The van der Waals surface area contributed by atoms with Crippen LogP contribution in [-0.4, -0.2) is 280 Å². The summed E-state index contributed by atoms with van der Waals surface area (Å²) in [6, 6.07) is 27.3. The van der Waals surface area contributed by atoms with Gasteiger partial charge in [-0.25, -0.2) is 44.6 Å². The Morgan fingerprint density at radius 1 is 0.457 bits per heavy atom. The average molecular weight is 1720 g/mol. The molecule has 8 aliphatic heterocycles. The Kier molecular flexibility index (Phi) is 27.2. The minimum Gasteiger partial charge on any atom is -0.444 e. The number of carbonyl (C=O) groups excluding carboxylic acids is 10. The summed E-state index contributed by atoms with van der Waals surface area (Å²) in [5, 5.41) is 6.00. The van der Waals surface area contributed by atoms with Crippen LogP contribution in [-0.2, 0) is 107 Å². The van der Waals surface area contributed by atoms with Crippen LogP contribution in [0.25, 0.3) is 0 Å². The zero-order chi connectivity index (χ0) is 83.9. The second-order valence-corrected chi connectivity index (χ2v) is 38.5. The van der Waals surface area contributed by atoms with Crippen LogP contribution >= 0.6 is 21.6 Å².